The van der Waals surface area contributed by atoms with Crippen molar-refractivity contribution >= 4 is 24.2 Å². The Balaban J connectivity index is 0.00000243. The summed E-state index contributed by atoms with van der Waals surface area (Å²) >= 11 is 0. The Labute approximate surface area is 159 Å². The van der Waals surface area contributed by atoms with Gasteiger partial charge in [0.15, 0.2) is 11.5 Å². The molecule has 26 heavy (non-hydrogen) atoms. The van der Waals surface area contributed by atoms with Gasteiger partial charge in [-0.25, -0.2) is 0 Å². The highest BCUT2D eigenvalue weighted by Crippen LogP contribution is 2.33. The van der Waals surface area contributed by atoms with Gasteiger partial charge in [-0.2, -0.15) is 0 Å². The zero-order valence-electron chi connectivity index (χ0n) is 15.0. The number of hydrogen-bond acceptors (Lipinski definition) is 5. The van der Waals surface area contributed by atoms with Gasteiger partial charge in [0.1, 0.15) is 6.04 Å². The van der Waals surface area contributed by atoms with Crippen LogP contribution in [0.4, 0.5) is 0 Å². The molecule has 1 aromatic carbocycles. The van der Waals surface area contributed by atoms with Crippen molar-refractivity contribution in [2.24, 2.45) is 0 Å². The van der Waals surface area contributed by atoms with Crippen molar-refractivity contribution in [3.63, 3.8) is 0 Å². The Kier molecular flexibility index (Phi) is 7.53. The first kappa shape index (κ1) is 20.3. The number of rotatable bonds is 7. The molecule has 2 aliphatic rings. The predicted molar refractivity (Wildman–Crippen MR) is 100 cm³/mol. The minimum Gasteiger partial charge on any atom is -0.454 e. The first-order valence-corrected chi connectivity index (χ1v) is 8.89. The number of amides is 2. The number of halogens is 1. The van der Waals surface area contributed by atoms with Gasteiger partial charge in [-0.3, -0.25) is 9.59 Å². The van der Waals surface area contributed by atoms with E-state index in [1.54, 1.807) is 23.1 Å². The van der Waals surface area contributed by atoms with Crippen LogP contribution in [0.2, 0.25) is 0 Å². The third-order valence-corrected chi connectivity index (χ3v) is 4.46. The maximum Gasteiger partial charge on any atom is 0.254 e. The van der Waals surface area contributed by atoms with E-state index < -0.39 is 6.04 Å². The second-order valence-corrected chi connectivity index (χ2v) is 6.27. The minimum atomic E-state index is -0.399. The molecule has 144 valence electrons. The van der Waals surface area contributed by atoms with Crippen LogP contribution >= 0.6 is 12.4 Å². The fourth-order valence-corrected chi connectivity index (χ4v) is 3.17. The van der Waals surface area contributed by atoms with Crippen LogP contribution in [0.15, 0.2) is 18.2 Å². The highest BCUT2D eigenvalue weighted by Gasteiger charge is 2.34. The lowest BCUT2D eigenvalue weighted by molar-refractivity contribution is -0.124. The number of nitrogens with zero attached hydrogens (tertiary/aromatic N) is 1. The monoisotopic (exact) mass is 383 g/mol. The molecule has 0 bridgehead atoms. The van der Waals surface area contributed by atoms with Gasteiger partial charge in [0.2, 0.25) is 12.7 Å². The van der Waals surface area contributed by atoms with Crippen LogP contribution in [-0.4, -0.2) is 55.7 Å². The van der Waals surface area contributed by atoms with Crippen molar-refractivity contribution in [2.75, 3.05) is 33.0 Å². The van der Waals surface area contributed by atoms with Crippen molar-refractivity contribution in [3.8, 4) is 11.5 Å². The lowest BCUT2D eigenvalue weighted by atomic mass is 10.1. The van der Waals surface area contributed by atoms with E-state index in [-0.39, 0.29) is 31.0 Å². The second-order valence-electron chi connectivity index (χ2n) is 6.27. The molecule has 1 atom stereocenters. The summed E-state index contributed by atoms with van der Waals surface area (Å²) < 4.78 is 10.6. The molecule has 3 rings (SSSR count). The van der Waals surface area contributed by atoms with Gasteiger partial charge < -0.3 is 25.0 Å². The number of benzene rings is 1. The van der Waals surface area contributed by atoms with E-state index >= 15 is 0 Å². The number of nitrogens with one attached hydrogen (secondary N) is 2. The summed E-state index contributed by atoms with van der Waals surface area (Å²) in [5, 5.41) is 6.17. The van der Waals surface area contributed by atoms with Crippen LogP contribution in [0.5, 0.6) is 11.5 Å². The number of likely N-dealkylation sites (tertiary alicyclic amines) is 1. The van der Waals surface area contributed by atoms with Gasteiger partial charge in [-0.1, -0.05) is 6.92 Å². The van der Waals surface area contributed by atoms with E-state index in [1.165, 1.54) is 0 Å². The summed E-state index contributed by atoms with van der Waals surface area (Å²) in [5.41, 5.74) is 0.522. The molecule has 8 heteroatoms. The highest BCUT2D eigenvalue weighted by atomic mass is 35.5. The van der Waals surface area contributed by atoms with E-state index in [2.05, 4.69) is 17.6 Å². The fraction of sp³-hybridized carbons (Fsp3) is 0.556. The number of ether oxygens (including phenoxy) is 2. The van der Waals surface area contributed by atoms with Gasteiger partial charge in [-0.15, -0.1) is 12.4 Å². The topological polar surface area (TPSA) is 79.9 Å². The summed E-state index contributed by atoms with van der Waals surface area (Å²) in [6.45, 7) is 5.12. The molecule has 0 spiro atoms. The van der Waals surface area contributed by atoms with Gasteiger partial charge in [0.05, 0.1) is 0 Å². The molecule has 1 fully saturated rings. The molecule has 0 aliphatic carbocycles. The lowest BCUT2D eigenvalue weighted by Crippen LogP contribution is -2.47. The molecule has 0 saturated carbocycles. The molecule has 0 radical (unpaired) electrons. The number of carbonyl (C=O) groups is 2. The number of hydrogen-bond donors (Lipinski definition) is 2. The summed E-state index contributed by atoms with van der Waals surface area (Å²) in [5.74, 6) is 1.00. The van der Waals surface area contributed by atoms with Crippen molar-refractivity contribution in [1.82, 2.24) is 15.5 Å². The van der Waals surface area contributed by atoms with E-state index in [4.69, 9.17) is 9.47 Å². The van der Waals surface area contributed by atoms with Crippen LogP contribution in [0.25, 0.3) is 0 Å². The zero-order valence-corrected chi connectivity index (χ0v) is 15.8. The zero-order chi connectivity index (χ0) is 17.6. The van der Waals surface area contributed by atoms with E-state index in [9.17, 15) is 9.59 Å². The maximum atomic E-state index is 12.8. The van der Waals surface area contributed by atoms with Crippen molar-refractivity contribution < 1.29 is 19.1 Å². The van der Waals surface area contributed by atoms with Crippen LogP contribution in [0.3, 0.4) is 0 Å². The third kappa shape index (κ3) is 4.59. The smallest absolute Gasteiger partial charge is 0.254 e. The summed E-state index contributed by atoms with van der Waals surface area (Å²) in [6, 6.07) is 4.74. The highest BCUT2D eigenvalue weighted by molar-refractivity contribution is 5.98. The summed E-state index contributed by atoms with van der Waals surface area (Å²) in [4.78, 5) is 26.9. The van der Waals surface area contributed by atoms with E-state index in [1.807, 2.05) is 0 Å². The second kappa shape index (κ2) is 9.64. The minimum absolute atomic E-state index is 0. The number of carbonyl (C=O) groups excluding carboxylic acids is 2. The largest absolute Gasteiger partial charge is 0.454 e. The first-order chi connectivity index (χ1) is 12.2. The fourth-order valence-electron chi connectivity index (χ4n) is 3.17. The standard InChI is InChI=1S/C18H25N3O4.ClH/c1-2-7-19-8-9-20-17(22)14-4-3-10-21(14)18(23)13-5-6-15-16(11-13)25-12-24-15;/h5-6,11,14,19H,2-4,7-10,12H2,1H3,(H,20,22);1H. The average molecular weight is 384 g/mol. The van der Waals surface area contributed by atoms with Crippen LogP contribution in [-0.2, 0) is 4.79 Å². The molecule has 1 unspecified atom stereocenters. The molecule has 2 amide bonds. The van der Waals surface area contributed by atoms with Crippen molar-refractivity contribution in [1.29, 1.82) is 0 Å². The summed E-state index contributed by atoms with van der Waals surface area (Å²) in [7, 11) is 0. The van der Waals surface area contributed by atoms with E-state index in [0.29, 0.717) is 36.6 Å². The molecule has 2 heterocycles. The molecule has 0 aromatic heterocycles. The molecular weight excluding hydrogens is 358 g/mol. The Morgan fingerprint density at radius 3 is 2.81 bits per heavy atom. The first-order valence-electron chi connectivity index (χ1n) is 8.89. The van der Waals surface area contributed by atoms with Crippen LogP contribution in [0, 0.1) is 0 Å². The van der Waals surface area contributed by atoms with E-state index in [0.717, 1.165) is 25.9 Å². The van der Waals surface area contributed by atoms with Gasteiger partial charge in [0.25, 0.3) is 5.91 Å². The van der Waals surface area contributed by atoms with Gasteiger partial charge >= 0.3 is 0 Å². The van der Waals surface area contributed by atoms with Crippen molar-refractivity contribution in [3.05, 3.63) is 23.8 Å². The Morgan fingerprint density at radius 1 is 1.19 bits per heavy atom. The molecule has 7 nitrogen and oxygen atoms in total. The quantitative estimate of drug-likeness (QED) is 0.698. The molecule has 1 saturated heterocycles. The lowest BCUT2D eigenvalue weighted by Gasteiger charge is -2.24. The number of fused-ring (bicyclic) bond motifs is 1. The van der Waals surface area contributed by atoms with Gasteiger partial charge in [-0.05, 0) is 44.0 Å². The molecule has 1 aromatic rings. The van der Waals surface area contributed by atoms with Crippen molar-refractivity contribution in [2.45, 2.75) is 32.2 Å². The third-order valence-electron chi connectivity index (χ3n) is 4.46. The molecule has 2 N–H and O–H groups in total. The van der Waals surface area contributed by atoms with Crippen LogP contribution < -0.4 is 20.1 Å². The normalized spacial score (nSPS) is 17.7. The maximum absolute atomic E-state index is 12.8. The van der Waals surface area contributed by atoms with Crippen LogP contribution in [0.1, 0.15) is 36.5 Å². The Bertz CT molecular complexity index is 641. The average Bonchev–Trinajstić information content (AvgIpc) is 3.29. The molecular formula is C18H26ClN3O4. The Morgan fingerprint density at radius 2 is 2.00 bits per heavy atom. The SMILES string of the molecule is CCCNCCNC(=O)C1CCCN1C(=O)c1ccc2c(c1)OCO2.Cl. The Hall–Kier alpha value is -1.99. The molecule has 2 aliphatic heterocycles. The predicted octanol–water partition coefficient (Wildman–Crippen LogP) is 1.56. The van der Waals surface area contributed by atoms with Gasteiger partial charge in [0, 0.05) is 25.2 Å². The summed E-state index contributed by atoms with van der Waals surface area (Å²) in [6.07, 6.45) is 2.60.